The fraction of sp³-hybridized carbons (Fsp3) is 0.286. The van der Waals surface area contributed by atoms with Gasteiger partial charge in [0, 0.05) is 18.0 Å². The molecular weight excluding hydrogens is 388 g/mol. The number of nitrogens with two attached hydrogens (primary N) is 1. The monoisotopic (exact) mass is 412 g/mol. The quantitative estimate of drug-likeness (QED) is 0.572. The van der Waals surface area contributed by atoms with Crippen molar-refractivity contribution in [2.75, 3.05) is 19.3 Å². The van der Waals surface area contributed by atoms with E-state index in [2.05, 4.69) is 0 Å². The maximum absolute atomic E-state index is 13.0. The number of rotatable bonds is 8. The molecular formula is C21H24N4O3S. The zero-order valence-electron chi connectivity index (χ0n) is 16.5. The number of aromatic nitrogens is 2. The van der Waals surface area contributed by atoms with E-state index in [1.807, 2.05) is 59.8 Å². The van der Waals surface area contributed by atoms with Crippen LogP contribution in [0.2, 0.25) is 0 Å². The van der Waals surface area contributed by atoms with Gasteiger partial charge in [0.05, 0.1) is 13.1 Å². The fourth-order valence-corrected chi connectivity index (χ4v) is 4.01. The first-order chi connectivity index (χ1) is 13.9. The third kappa shape index (κ3) is 4.55. The van der Waals surface area contributed by atoms with Crippen LogP contribution < -0.4 is 17.0 Å². The minimum atomic E-state index is -0.631. The van der Waals surface area contributed by atoms with E-state index in [0.29, 0.717) is 6.54 Å². The van der Waals surface area contributed by atoms with Gasteiger partial charge >= 0.3 is 5.69 Å². The molecule has 0 aliphatic heterocycles. The average molecular weight is 413 g/mol. The van der Waals surface area contributed by atoms with Crippen molar-refractivity contribution in [2.24, 2.45) is 0 Å². The largest absolute Gasteiger partial charge is 0.384 e. The van der Waals surface area contributed by atoms with E-state index in [1.165, 1.54) is 4.57 Å². The summed E-state index contributed by atoms with van der Waals surface area (Å²) < 4.78 is 2.36. The Hall–Kier alpha value is -2.97. The summed E-state index contributed by atoms with van der Waals surface area (Å²) in [6.07, 6.45) is 0. The van der Waals surface area contributed by atoms with Gasteiger partial charge in [-0.25, -0.2) is 4.79 Å². The van der Waals surface area contributed by atoms with Gasteiger partial charge in [-0.3, -0.25) is 23.6 Å². The Bertz CT molecular complexity index is 1100. The van der Waals surface area contributed by atoms with Gasteiger partial charge in [-0.15, -0.1) is 11.3 Å². The van der Waals surface area contributed by atoms with E-state index in [-0.39, 0.29) is 31.0 Å². The number of carbonyl (C=O) groups excluding carboxylic acids is 1. The second-order valence-corrected chi connectivity index (χ2v) is 7.87. The van der Waals surface area contributed by atoms with Crippen LogP contribution in [0.1, 0.15) is 27.7 Å². The van der Waals surface area contributed by atoms with Crippen LogP contribution in [0, 0.1) is 0 Å². The van der Waals surface area contributed by atoms with Gasteiger partial charge in [0.2, 0.25) is 0 Å². The van der Waals surface area contributed by atoms with E-state index < -0.39 is 17.0 Å². The Labute approximate surface area is 172 Å². The van der Waals surface area contributed by atoms with Gasteiger partial charge in [-0.1, -0.05) is 36.4 Å². The Balaban J connectivity index is 1.96. The lowest BCUT2D eigenvalue weighted by molar-refractivity contribution is 0.0941. The highest BCUT2D eigenvalue weighted by Crippen LogP contribution is 2.13. The maximum Gasteiger partial charge on any atom is 0.332 e. The van der Waals surface area contributed by atoms with Crippen molar-refractivity contribution in [1.29, 1.82) is 0 Å². The zero-order valence-corrected chi connectivity index (χ0v) is 17.3. The molecule has 0 aliphatic carbocycles. The zero-order chi connectivity index (χ0) is 21.0. The molecule has 0 atom stereocenters. The lowest BCUT2D eigenvalue weighted by Gasteiger charge is -2.18. The highest BCUT2D eigenvalue weighted by Gasteiger charge is 2.23. The number of thiophene rings is 1. The van der Waals surface area contributed by atoms with Crippen LogP contribution in [-0.4, -0.2) is 33.4 Å². The van der Waals surface area contributed by atoms with Gasteiger partial charge in [-0.2, -0.15) is 0 Å². The van der Waals surface area contributed by atoms with Crippen molar-refractivity contribution >= 4 is 22.9 Å². The van der Waals surface area contributed by atoms with Crippen molar-refractivity contribution < 1.29 is 4.79 Å². The molecule has 2 aromatic heterocycles. The lowest BCUT2D eigenvalue weighted by atomic mass is 10.1. The second kappa shape index (κ2) is 9.02. The van der Waals surface area contributed by atoms with Crippen LogP contribution in [0.15, 0.2) is 57.4 Å². The van der Waals surface area contributed by atoms with Crippen LogP contribution in [0.4, 0.5) is 5.82 Å². The molecule has 2 heterocycles. The van der Waals surface area contributed by atoms with Crippen molar-refractivity contribution in [3.63, 3.8) is 0 Å². The third-order valence-corrected chi connectivity index (χ3v) is 5.53. The van der Waals surface area contributed by atoms with Gasteiger partial charge < -0.3 is 5.73 Å². The summed E-state index contributed by atoms with van der Waals surface area (Å²) in [5.74, 6) is -0.473. The molecule has 0 fully saturated rings. The maximum atomic E-state index is 13.0. The van der Waals surface area contributed by atoms with Gasteiger partial charge in [-0.05, 0) is 31.0 Å². The van der Waals surface area contributed by atoms with Crippen molar-refractivity contribution in [3.8, 4) is 0 Å². The molecule has 0 bridgehead atoms. The molecule has 3 rings (SSSR count). The number of ketones is 1. The first-order valence-electron chi connectivity index (χ1n) is 9.33. The number of benzene rings is 1. The van der Waals surface area contributed by atoms with Crippen LogP contribution in [0.25, 0.3) is 0 Å². The Morgan fingerprint density at radius 2 is 1.83 bits per heavy atom. The molecule has 0 amide bonds. The normalized spacial score (nSPS) is 11.1. The summed E-state index contributed by atoms with van der Waals surface area (Å²) in [6.45, 7) is 2.68. The number of carbonyl (C=O) groups is 1. The molecule has 152 valence electrons. The summed E-state index contributed by atoms with van der Waals surface area (Å²) in [7, 11) is 1.81. The molecule has 29 heavy (non-hydrogen) atoms. The van der Waals surface area contributed by atoms with E-state index in [0.717, 1.165) is 15.0 Å². The Kier molecular flexibility index (Phi) is 6.46. The van der Waals surface area contributed by atoms with Crippen LogP contribution in [0.5, 0.6) is 0 Å². The second-order valence-electron chi connectivity index (χ2n) is 6.84. The number of hydrogen-bond donors (Lipinski definition) is 1. The van der Waals surface area contributed by atoms with Crippen molar-refractivity contribution in [1.82, 2.24) is 14.0 Å². The molecule has 0 saturated carbocycles. The summed E-state index contributed by atoms with van der Waals surface area (Å²) in [5, 5.41) is 1.97. The van der Waals surface area contributed by atoms with Gasteiger partial charge in [0.1, 0.15) is 11.4 Å². The first kappa shape index (κ1) is 20.8. The number of nitrogens with zero attached hydrogens (tertiary/aromatic N) is 3. The van der Waals surface area contributed by atoms with Crippen molar-refractivity contribution in [3.05, 3.63) is 84.7 Å². The van der Waals surface area contributed by atoms with Crippen LogP contribution in [-0.2, 0) is 19.6 Å². The molecule has 8 heteroatoms. The van der Waals surface area contributed by atoms with E-state index in [9.17, 15) is 14.4 Å². The number of Topliss-reactive ketones (excluding diaryl/α,β-unsaturated/α-hetero) is 1. The number of anilines is 1. The van der Waals surface area contributed by atoms with Gasteiger partial charge in [0.25, 0.3) is 5.56 Å². The first-order valence-corrected chi connectivity index (χ1v) is 10.2. The van der Waals surface area contributed by atoms with Gasteiger partial charge in [0.15, 0.2) is 5.78 Å². The predicted octanol–water partition coefficient (Wildman–Crippen LogP) is 2.04. The van der Waals surface area contributed by atoms with Crippen LogP contribution in [0.3, 0.4) is 0 Å². The predicted molar refractivity (Wildman–Crippen MR) is 116 cm³/mol. The molecule has 0 spiro atoms. The topological polar surface area (TPSA) is 90.3 Å². The smallest absolute Gasteiger partial charge is 0.332 e. The molecule has 0 unspecified atom stereocenters. The van der Waals surface area contributed by atoms with E-state index in [1.54, 1.807) is 18.3 Å². The number of nitrogen functional groups attached to an aromatic ring is 1. The SMILES string of the molecule is CCn1c(=O)c(C(=O)CN(C)Cc2cccs2)c(N)n(Cc2ccccc2)c1=O. The average Bonchev–Trinajstić information content (AvgIpc) is 3.19. The lowest BCUT2D eigenvalue weighted by Crippen LogP contribution is -2.45. The molecule has 3 aromatic rings. The Morgan fingerprint density at radius 3 is 2.45 bits per heavy atom. The van der Waals surface area contributed by atoms with Crippen LogP contribution >= 0.6 is 11.3 Å². The molecule has 0 radical (unpaired) electrons. The number of hydrogen-bond acceptors (Lipinski definition) is 6. The fourth-order valence-electron chi connectivity index (χ4n) is 3.22. The standard InChI is InChI=1S/C21H24N4O3S/c1-3-24-20(27)18(17(26)14-23(2)13-16-10-7-11-29-16)19(22)25(21(24)28)12-15-8-5-4-6-9-15/h4-11H,3,12-14,22H2,1-2H3. The summed E-state index contributed by atoms with van der Waals surface area (Å²) >= 11 is 1.60. The minimum Gasteiger partial charge on any atom is -0.384 e. The Morgan fingerprint density at radius 1 is 1.10 bits per heavy atom. The highest BCUT2D eigenvalue weighted by molar-refractivity contribution is 7.09. The summed E-state index contributed by atoms with van der Waals surface area (Å²) in [5.41, 5.74) is 5.77. The van der Waals surface area contributed by atoms with Crippen molar-refractivity contribution in [2.45, 2.75) is 26.6 Å². The summed E-state index contributed by atoms with van der Waals surface area (Å²) in [6, 6.07) is 13.3. The van der Waals surface area contributed by atoms with E-state index in [4.69, 9.17) is 5.73 Å². The molecule has 0 saturated heterocycles. The molecule has 7 nitrogen and oxygen atoms in total. The molecule has 1 aromatic carbocycles. The van der Waals surface area contributed by atoms with E-state index >= 15 is 0 Å². The number of likely N-dealkylation sites (N-methyl/N-ethyl adjacent to an activating group) is 1. The highest BCUT2D eigenvalue weighted by atomic mass is 32.1. The molecule has 0 aliphatic rings. The summed E-state index contributed by atoms with van der Waals surface area (Å²) in [4.78, 5) is 41.5. The molecule has 2 N–H and O–H groups in total. The third-order valence-electron chi connectivity index (χ3n) is 4.67. The minimum absolute atomic E-state index is 0.0323.